The number of aromatic nitrogens is 3. The number of hydrogen-bond donors (Lipinski definition) is 1. The van der Waals surface area contributed by atoms with Crippen molar-refractivity contribution in [3.8, 4) is 0 Å². The molecule has 96 valence electrons. The average Bonchev–Trinajstić information content (AvgIpc) is 2.94. The van der Waals surface area contributed by atoms with Crippen LogP contribution >= 0.6 is 11.3 Å². The van der Waals surface area contributed by atoms with Crippen LogP contribution in [0.5, 0.6) is 0 Å². The van der Waals surface area contributed by atoms with E-state index >= 15 is 0 Å². The molecule has 0 radical (unpaired) electrons. The number of carbonyl (C=O) groups is 1. The van der Waals surface area contributed by atoms with Gasteiger partial charge >= 0.3 is 0 Å². The van der Waals surface area contributed by atoms with Crippen LogP contribution in [0, 0.1) is 6.92 Å². The zero-order valence-electron chi connectivity index (χ0n) is 10.5. The Labute approximate surface area is 113 Å². The van der Waals surface area contributed by atoms with Crippen molar-refractivity contribution in [3.05, 3.63) is 41.2 Å². The molecule has 0 aliphatic rings. The quantitative estimate of drug-likeness (QED) is 0.780. The van der Waals surface area contributed by atoms with Crippen molar-refractivity contribution in [2.75, 3.05) is 5.32 Å². The minimum atomic E-state index is -0.193. The number of amides is 1. The van der Waals surface area contributed by atoms with E-state index in [2.05, 4.69) is 15.4 Å². The highest BCUT2D eigenvalue weighted by molar-refractivity contribution is 7.16. The van der Waals surface area contributed by atoms with E-state index in [0.717, 1.165) is 21.5 Å². The summed E-state index contributed by atoms with van der Waals surface area (Å²) in [5, 5.41) is 7.01. The molecule has 0 bridgehead atoms. The van der Waals surface area contributed by atoms with Crippen LogP contribution in [0.1, 0.15) is 16.1 Å². The molecule has 1 amide bonds. The molecule has 0 spiro atoms. The molecule has 0 aliphatic carbocycles. The Morgan fingerprint density at radius 3 is 3.00 bits per heavy atom. The van der Waals surface area contributed by atoms with Crippen molar-refractivity contribution in [1.82, 2.24) is 14.8 Å². The van der Waals surface area contributed by atoms with Gasteiger partial charge in [0, 0.05) is 24.5 Å². The van der Waals surface area contributed by atoms with Crippen molar-refractivity contribution >= 4 is 33.1 Å². The van der Waals surface area contributed by atoms with Crippen LogP contribution in [0.25, 0.3) is 10.2 Å². The second-order valence-electron chi connectivity index (χ2n) is 4.32. The maximum Gasteiger partial charge on any atom is 0.276 e. The third-order valence-corrected chi connectivity index (χ3v) is 3.61. The molecule has 3 aromatic rings. The zero-order chi connectivity index (χ0) is 13.4. The summed E-state index contributed by atoms with van der Waals surface area (Å²) in [5.41, 5.74) is 4.80. The molecule has 2 aromatic heterocycles. The molecule has 6 heteroatoms. The van der Waals surface area contributed by atoms with E-state index in [4.69, 9.17) is 0 Å². The van der Waals surface area contributed by atoms with E-state index in [0.29, 0.717) is 5.69 Å². The number of nitrogens with one attached hydrogen (secondary N) is 1. The number of rotatable bonds is 2. The van der Waals surface area contributed by atoms with Gasteiger partial charge in [-0.2, -0.15) is 5.10 Å². The lowest BCUT2D eigenvalue weighted by Crippen LogP contribution is -2.14. The maximum absolute atomic E-state index is 12.1. The van der Waals surface area contributed by atoms with Crippen LogP contribution < -0.4 is 5.32 Å². The summed E-state index contributed by atoms with van der Waals surface area (Å²) >= 11 is 1.55. The molecule has 3 rings (SSSR count). The van der Waals surface area contributed by atoms with E-state index in [1.165, 1.54) is 0 Å². The molecule has 0 saturated carbocycles. The first-order valence-electron chi connectivity index (χ1n) is 5.78. The van der Waals surface area contributed by atoms with Crippen LogP contribution in [0.2, 0.25) is 0 Å². The lowest BCUT2D eigenvalue weighted by atomic mass is 10.2. The summed E-state index contributed by atoms with van der Waals surface area (Å²) in [6, 6.07) is 5.66. The number of hydrogen-bond acceptors (Lipinski definition) is 4. The number of thiazole rings is 1. The van der Waals surface area contributed by atoms with Gasteiger partial charge in [0.1, 0.15) is 0 Å². The molecule has 1 N–H and O–H groups in total. The highest BCUT2D eigenvalue weighted by Gasteiger charge is 2.13. The minimum absolute atomic E-state index is 0.193. The van der Waals surface area contributed by atoms with Gasteiger partial charge in [0.15, 0.2) is 5.69 Å². The number of fused-ring (bicyclic) bond motifs is 1. The smallest absolute Gasteiger partial charge is 0.276 e. The van der Waals surface area contributed by atoms with Gasteiger partial charge in [-0.3, -0.25) is 9.48 Å². The number of aryl methyl sites for hydroxylation is 2. The lowest BCUT2D eigenvalue weighted by molar-refractivity contribution is 0.102. The van der Waals surface area contributed by atoms with Gasteiger partial charge in [0.2, 0.25) is 0 Å². The number of carbonyl (C=O) groups excluding carboxylic acids is 1. The fraction of sp³-hybridized carbons (Fsp3) is 0.154. The van der Waals surface area contributed by atoms with Crippen LogP contribution in [-0.2, 0) is 7.05 Å². The number of nitrogens with zero attached hydrogens (tertiary/aromatic N) is 3. The molecule has 0 fully saturated rings. The summed E-state index contributed by atoms with van der Waals surface area (Å²) in [6.45, 7) is 1.87. The van der Waals surface area contributed by atoms with Crippen molar-refractivity contribution in [2.45, 2.75) is 6.92 Å². The molecular weight excluding hydrogens is 260 g/mol. The lowest BCUT2D eigenvalue weighted by Gasteiger charge is -2.03. The van der Waals surface area contributed by atoms with Gasteiger partial charge in [0.25, 0.3) is 5.91 Å². The standard InChI is InChI=1S/C13H12N4OS/c1-8-6-17(2)16-12(8)13(18)15-9-3-4-10-11(5-9)19-7-14-10/h3-7H,1-2H3,(H,15,18). The second kappa shape index (κ2) is 4.47. The van der Waals surface area contributed by atoms with Gasteiger partial charge in [0.05, 0.1) is 15.7 Å². The van der Waals surface area contributed by atoms with Gasteiger partial charge in [-0.15, -0.1) is 11.3 Å². The van der Waals surface area contributed by atoms with Crippen molar-refractivity contribution in [2.24, 2.45) is 7.05 Å². The van der Waals surface area contributed by atoms with Crippen LogP contribution in [-0.4, -0.2) is 20.7 Å². The Bertz CT molecular complexity index is 759. The topological polar surface area (TPSA) is 59.8 Å². The molecule has 19 heavy (non-hydrogen) atoms. The van der Waals surface area contributed by atoms with Crippen molar-refractivity contribution in [1.29, 1.82) is 0 Å². The van der Waals surface area contributed by atoms with E-state index < -0.39 is 0 Å². The van der Waals surface area contributed by atoms with Crippen LogP contribution in [0.15, 0.2) is 29.9 Å². The Morgan fingerprint density at radius 1 is 1.42 bits per heavy atom. The molecule has 0 aliphatic heterocycles. The summed E-state index contributed by atoms with van der Waals surface area (Å²) < 4.78 is 2.69. The Balaban J connectivity index is 1.88. The predicted molar refractivity (Wildman–Crippen MR) is 75.5 cm³/mol. The summed E-state index contributed by atoms with van der Waals surface area (Å²) in [5.74, 6) is -0.193. The summed E-state index contributed by atoms with van der Waals surface area (Å²) in [7, 11) is 1.80. The predicted octanol–water partition coefficient (Wildman–Crippen LogP) is 2.59. The highest BCUT2D eigenvalue weighted by atomic mass is 32.1. The minimum Gasteiger partial charge on any atom is -0.321 e. The zero-order valence-corrected chi connectivity index (χ0v) is 11.4. The van der Waals surface area contributed by atoms with Crippen molar-refractivity contribution < 1.29 is 4.79 Å². The van der Waals surface area contributed by atoms with Crippen LogP contribution in [0.3, 0.4) is 0 Å². The number of anilines is 1. The molecule has 0 atom stereocenters. The summed E-state index contributed by atoms with van der Waals surface area (Å²) in [4.78, 5) is 16.3. The molecule has 1 aromatic carbocycles. The van der Waals surface area contributed by atoms with Gasteiger partial charge < -0.3 is 5.32 Å². The third kappa shape index (κ3) is 2.22. The first-order chi connectivity index (χ1) is 9.13. The largest absolute Gasteiger partial charge is 0.321 e. The Morgan fingerprint density at radius 2 is 2.26 bits per heavy atom. The monoisotopic (exact) mass is 272 g/mol. The molecule has 0 saturated heterocycles. The number of benzene rings is 1. The highest BCUT2D eigenvalue weighted by Crippen LogP contribution is 2.22. The average molecular weight is 272 g/mol. The first kappa shape index (κ1) is 11.9. The summed E-state index contributed by atoms with van der Waals surface area (Å²) in [6.07, 6.45) is 1.82. The first-order valence-corrected chi connectivity index (χ1v) is 6.66. The van der Waals surface area contributed by atoms with Crippen molar-refractivity contribution in [3.63, 3.8) is 0 Å². The van der Waals surface area contributed by atoms with Gasteiger partial charge in [-0.25, -0.2) is 4.98 Å². The molecule has 0 unspecified atom stereocenters. The molecule has 5 nitrogen and oxygen atoms in total. The van der Waals surface area contributed by atoms with E-state index in [-0.39, 0.29) is 5.91 Å². The fourth-order valence-corrected chi connectivity index (χ4v) is 2.67. The maximum atomic E-state index is 12.1. The third-order valence-electron chi connectivity index (χ3n) is 2.82. The second-order valence-corrected chi connectivity index (χ2v) is 5.21. The van der Waals surface area contributed by atoms with E-state index in [1.807, 2.05) is 31.3 Å². The van der Waals surface area contributed by atoms with Gasteiger partial charge in [-0.05, 0) is 25.1 Å². The fourth-order valence-electron chi connectivity index (χ4n) is 1.95. The SMILES string of the molecule is Cc1cn(C)nc1C(=O)Nc1ccc2ncsc2c1. The normalized spacial score (nSPS) is 10.8. The Kier molecular flexibility index (Phi) is 2.79. The van der Waals surface area contributed by atoms with Gasteiger partial charge in [-0.1, -0.05) is 0 Å². The van der Waals surface area contributed by atoms with Crippen LogP contribution in [0.4, 0.5) is 5.69 Å². The molecule has 2 heterocycles. The van der Waals surface area contributed by atoms with E-state index in [9.17, 15) is 4.79 Å². The molecular formula is C13H12N4OS. The van der Waals surface area contributed by atoms with E-state index in [1.54, 1.807) is 28.6 Å². The Hall–Kier alpha value is -2.21.